The van der Waals surface area contributed by atoms with E-state index in [9.17, 15) is 4.39 Å². The summed E-state index contributed by atoms with van der Waals surface area (Å²) in [6, 6.07) is 5.03. The molecule has 1 aromatic rings. The average molecular weight is 288 g/mol. The smallest absolute Gasteiger partial charge is 0.165 e. The van der Waals surface area contributed by atoms with Crippen molar-refractivity contribution < 1.29 is 9.13 Å². The van der Waals surface area contributed by atoms with E-state index in [4.69, 9.17) is 10.5 Å². The van der Waals surface area contributed by atoms with E-state index in [0.29, 0.717) is 5.75 Å². The molecular weight excluding hydrogens is 273 g/mol. The number of hydrogen-bond donors (Lipinski definition) is 1. The van der Waals surface area contributed by atoms with E-state index in [-0.39, 0.29) is 18.0 Å². The number of rotatable bonds is 2. The van der Waals surface area contributed by atoms with Crippen molar-refractivity contribution in [3.63, 3.8) is 0 Å². The lowest BCUT2D eigenvalue weighted by Gasteiger charge is -2.26. The number of benzene rings is 1. The van der Waals surface area contributed by atoms with E-state index in [1.807, 2.05) is 0 Å². The summed E-state index contributed by atoms with van der Waals surface area (Å²) >= 11 is 3.30. The Morgan fingerprint density at radius 3 is 2.62 bits per heavy atom. The van der Waals surface area contributed by atoms with E-state index >= 15 is 0 Å². The Morgan fingerprint density at radius 2 is 1.94 bits per heavy atom. The van der Waals surface area contributed by atoms with Gasteiger partial charge in [0, 0.05) is 10.5 Å². The second kappa shape index (κ2) is 5.15. The lowest BCUT2D eigenvalue weighted by atomic mass is 9.94. The van der Waals surface area contributed by atoms with Crippen molar-refractivity contribution >= 4 is 15.9 Å². The first kappa shape index (κ1) is 11.9. The summed E-state index contributed by atoms with van der Waals surface area (Å²) < 4.78 is 19.9. The molecule has 1 saturated carbocycles. The molecule has 88 valence electrons. The fourth-order valence-corrected chi connectivity index (χ4v) is 2.29. The highest BCUT2D eigenvalue weighted by molar-refractivity contribution is 9.10. The number of nitrogens with two attached hydrogens (primary N) is 1. The van der Waals surface area contributed by atoms with Crippen molar-refractivity contribution in [2.45, 2.75) is 37.8 Å². The molecule has 0 amide bonds. The summed E-state index contributed by atoms with van der Waals surface area (Å²) in [6.07, 6.45) is 3.84. The van der Waals surface area contributed by atoms with Crippen molar-refractivity contribution in [1.29, 1.82) is 0 Å². The first-order chi connectivity index (χ1) is 7.65. The van der Waals surface area contributed by atoms with Crippen LogP contribution in [0.15, 0.2) is 22.7 Å². The van der Waals surface area contributed by atoms with Crippen LogP contribution in [0.1, 0.15) is 25.7 Å². The van der Waals surface area contributed by atoms with Crippen LogP contribution in [0.25, 0.3) is 0 Å². The van der Waals surface area contributed by atoms with Gasteiger partial charge in [-0.1, -0.05) is 15.9 Å². The zero-order valence-electron chi connectivity index (χ0n) is 8.96. The molecule has 0 radical (unpaired) electrons. The maximum absolute atomic E-state index is 13.4. The largest absolute Gasteiger partial charge is 0.487 e. The van der Waals surface area contributed by atoms with Crippen LogP contribution in [0, 0.1) is 5.82 Å². The third-order valence-electron chi connectivity index (χ3n) is 2.91. The van der Waals surface area contributed by atoms with Crippen LogP contribution < -0.4 is 10.5 Å². The fraction of sp³-hybridized carbons (Fsp3) is 0.500. The Labute approximate surface area is 103 Å². The molecule has 2 rings (SSSR count). The molecule has 1 aliphatic rings. The van der Waals surface area contributed by atoms with Crippen LogP contribution in [0.4, 0.5) is 4.39 Å². The van der Waals surface area contributed by atoms with Crippen LogP contribution in [0.2, 0.25) is 0 Å². The van der Waals surface area contributed by atoms with Gasteiger partial charge < -0.3 is 10.5 Å². The Bertz CT molecular complexity index is 364. The molecule has 4 heteroatoms. The first-order valence-corrected chi connectivity index (χ1v) is 6.32. The maximum Gasteiger partial charge on any atom is 0.165 e. The summed E-state index contributed by atoms with van der Waals surface area (Å²) in [5.41, 5.74) is 5.81. The van der Waals surface area contributed by atoms with Crippen LogP contribution in [-0.4, -0.2) is 12.1 Å². The zero-order valence-corrected chi connectivity index (χ0v) is 10.5. The predicted molar refractivity (Wildman–Crippen MR) is 65.0 cm³/mol. The van der Waals surface area contributed by atoms with Gasteiger partial charge in [-0.05, 0) is 43.9 Å². The molecule has 1 aliphatic carbocycles. The monoisotopic (exact) mass is 287 g/mol. The first-order valence-electron chi connectivity index (χ1n) is 5.52. The van der Waals surface area contributed by atoms with Crippen molar-refractivity contribution in [2.24, 2.45) is 5.73 Å². The average Bonchev–Trinajstić information content (AvgIpc) is 2.27. The third kappa shape index (κ3) is 2.95. The molecule has 16 heavy (non-hydrogen) atoms. The summed E-state index contributed by atoms with van der Waals surface area (Å²) in [5, 5.41) is 0. The van der Waals surface area contributed by atoms with Crippen LogP contribution in [0.5, 0.6) is 5.75 Å². The van der Waals surface area contributed by atoms with Crippen LogP contribution >= 0.6 is 15.9 Å². The van der Waals surface area contributed by atoms with Gasteiger partial charge in [0.15, 0.2) is 11.6 Å². The topological polar surface area (TPSA) is 35.2 Å². The van der Waals surface area contributed by atoms with Gasteiger partial charge in [-0.15, -0.1) is 0 Å². The highest BCUT2D eigenvalue weighted by Gasteiger charge is 2.20. The zero-order chi connectivity index (χ0) is 11.5. The van der Waals surface area contributed by atoms with E-state index < -0.39 is 0 Å². The Morgan fingerprint density at radius 1 is 1.25 bits per heavy atom. The molecule has 1 aromatic carbocycles. The molecule has 0 bridgehead atoms. The molecular formula is C12H15BrFNO. The van der Waals surface area contributed by atoms with Gasteiger partial charge in [0.05, 0.1) is 6.10 Å². The van der Waals surface area contributed by atoms with Gasteiger partial charge >= 0.3 is 0 Å². The molecule has 2 nitrogen and oxygen atoms in total. The van der Waals surface area contributed by atoms with Gasteiger partial charge in [0.2, 0.25) is 0 Å². The Hall–Kier alpha value is -0.610. The molecule has 1 fully saturated rings. The minimum absolute atomic E-state index is 0.101. The predicted octanol–water partition coefficient (Wildman–Crippen LogP) is 3.24. The Balaban J connectivity index is 2.00. The maximum atomic E-state index is 13.4. The van der Waals surface area contributed by atoms with Crippen LogP contribution in [-0.2, 0) is 0 Å². The molecule has 0 aromatic heterocycles. The van der Waals surface area contributed by atoms with Crippen LogP contribution in [0.3, 0.4) is 0 Å². The molecule has 0 atom stereocenters. The van der Waals surface area contributed by atoms with Gasteiger partial charge in [-0.2, -0.15) is 0 Å². The summed E-state index contributed by atoms with van der Waals surface area (Å²) in [6.45, 7) is 0. The number of hydrogen-bond acceptors (Lipinski definition) is 2. The normalized spacial score (nSPS) is 25.4. The van der Waals surface area contributed by atoms with Crippen molar-refractivity contribution in [1.82, 2.24) is 0 Å². The SMILES string of the molecule is NC1CCC(Oc2cc(Br)ccc2F)CC1. The minimum atomic E-state index is -0.307. The lowest BCUT2D eigenvalue weighted by molar-refractivity contribution is 0.141. The number of ether oxygens (including phenoxy) is 1. The molecule has 0 heterocycles. The van der Waals surface area contributed by atoms with E-state index in [1.54, 1.807) is 12.1 Å². The molecule has 0 spiro atoms. The van der Waals surface area contributed by atoms with Gasteiger partial charge in [0.25, 0.3) is 0 Å². The quantitative estimate of drug-likeness (QED) is 0.906. The second-order valence-corrected chi connectivity index (χ2v) is 5.15. The van der Waals surface area contributed by atoms with Gasteiger partial charge in [0.1, 0.15) is 0 Å². The van der Waals surface area contributed by atoms with Crippen molar-refractivity contribution in [2.75, 3.05) is 0 Å². The third-order valence-corrected chi connectivity index (χ3v) is 3.40. The lowest BCUT2D eigenvalue weighted by Crippen LogP contribution is -2.31. The molecule has 2 N–H and O–H groups in total. The van der Waals surface area contributed by atoms with Gasteiger partial charge in [-0.3, -0.25) is 0 Å². The highest BCUT2D eigenvalue weighted by atomic mass is 79.9. The summed E-state index contributed by atoms with van der Waals surface area (Å²) in [7, 11) is 0. The van der Waals surface area contributed by atoms with Crippen molar-refractivity contribution in [3.05, 3.63) is 28.5 Å². The summed E-state index contributed by atoms with van der Waals surface area (Å²) in [4.78, 5) is 0. The van der Waals surface area contributed by atoms with Gasteiger partial charge in [-0.25, -0.2) is 4.39 Å². The number of halogens is 2. The standard InChI is InChI=1S/C12H15BrFNO/c13-8-1-6-11(14)12(7-8)16-10-4-2-9(15)3-5-10/h1,6-7,9-10H,2-5,15H2. The summed E-state index contributed by atoms with van der Waals surface area (Å²) in [5.74, 6) is 0.0212. The van der Waals surface area contributed by atoms with Crippen molar-refractivity contribution in [3.8, 4) is 5.75 Å². The highest BCUT2D eigenvalue weighted by Crippen LogP contribution is 2.27. The fourth-order valence-electron chi connectivity index (χ4n) is 1.95. The minimum Gasteiger partial charge on any atom is -0.487 e. The van der Waals surface area contributed by atoms with E-state index in [1.165, 1.54) is 6.07 Å². The molecule has 0 unspecified atom stereocenters. The second-order valence-electron chi connectivity index (χ2n) is 4.23. The Kier molecular flexibility index (Phi) is 3.82. The van der Waals surface area contributed by atoms with E-state index in [2.05, 4.69) is 15.9 Å². The molecule has 0 aliphatic heterocycles. The molecule has 0 saturated heterocycles. The van der Waals surface area contributed by atoms with E-state index in [0.717, 1.165) is 30.2 Å².